The predicted molar refractivity (Wildman–Crippen MR) is 98.8 cm³/mol. The molecule has 0 spiro atoms. The molecule has 0 saturated carbocycles. The summed E-state index contributed by atoms with van der Waals surface area (Å²) in [5.74, 6) is -0.501. The van der Waals surface area contributed by atoms with Crippen LogP contribution in [-0.2, 0) is 29.1 Å². The number of hydroxylamine groups is 3. The topological polar surface area (TPSA) is 155 Å². The Kier molecular flexibility index (Phi) is 6.13. The second-order valence-corrected chi connectivity index (χ2v) is 9.54. The van der Waals surface area contributed by atoms with Gasteiger partial charge in [0.1, 0.15) is 11.6 Å². The van der Waals surface area contributed by atoms with Crippen LogP contribution >= 0.6 is 0 Å². The van der Waals surface area contributed by atoms with Gasteiger partial charge in [0.2, 0.25) is 0 Å². The first-order valence-corrected chi connectivity index (χ1v) is 10.9. The Morgan fingerprint density at radius 3 is 2.47 bits per heavy atom. The molecule has 0 aromatic rings. The number of nitrogens with zero attached hydrogens (tertiary/aromatic N) is 3. The van der Waals surface area contributed by atoms with Crippen molar-refractivity contribution in [3.63, 3.8) is 0 Å². The fourth-order valence-corrected chi connectivity index (χ4v) is 3.94. The van der Waals surface area contributed by atoms with E-state index in [0.717, 1.165) is 0 Å². The van der Waals surface area contributed by atoms with Gasteiger partial charge in [0.25, 0.3) is 5.91 Å². The Hall–Kier alpha value is -2.16. The zero-order valence-corrected chi connectivity index (χ0v) is 17.8. The smallest absolute Gasteiger partial charge is 0.418 e. The van der Waals surface area contributed by atoms with Gasteiger partial charge in [0.15, 0.2) is 0 Å². The monoisotopic (exact) mass is 450 g/mol. The van der Waals surface area contributed by atoms with E-state index in [1.165, 1.54) is 9.80 Å². The summed E-state index contributed by atoms with van der Waals surface area (Å²) >= 11 is 0. The molecule has 3 heterocycles. The normalized spacial score (nSPS) is 24.7. The minimum atomic E-state index is -4.84. The van der Waals surface area contributed by atoms with E-state index in [1.54, 1.807) is 20.8 Å². The molecule has 0 aromatic carbocycles. The molecule has 170 valence electrons. The lowest BCUT2D eigenvalue weighted by Crippen LogP contribution is -2.54. The molecule has 3 rings (SSSR count). The zero-order chi connectivity index (χ0) is 22.3. The average Bonchev–Trinajstić information content (AvgIpc) is 2.78. The van der Waals surface area contributed by atoms with E-state index in [0.29, 0.717) is 24.6 Å². The van der Waals surface area contributed by atoms with E-state index >= 15 is 0 Å². The highest BCUT2D eigenvalue weighted by Gasteiger charge is 2.49. The largest absolute Gasteiger partial charge is 0.444 e. The third-order valence-electron chi connectivity index (χ3n) is 4.90. The number of rotatable bonds is 6. The minimum Gasteiger partial charge on any atom is -0.444 e. The Morgan fingerprint density at radius 2 is 1.87 bits per heavy atom. The molecule has 3 aliphatic rings. The third-order valence-corrected chi connectivity index (χ3v) is 5.25. The summed E-state index contributed by atoms with van der Waals surface area (Å²) < 4.78 is 40.2. The molecule has 0 aromatic heterocycles. The van der Waals surface area contributed by atoms with Gasteiger partial charge in [-0.05, 0) is 33.6 Å². The molecule has 0 aliphatic carbocycles. The van der Waals surface area contributed by atoms with Crippen LogP contribution in [0.15, 0.2) is 0 Å². The van der Waals surface area contributed by atoms with Crippen molar-refractivity contribution in [1.82, 2.24) is 20.3 Å². The van der Waals surface area contributed by atoms with Crippen LogP contribution < -0.4 is 5.48 Å². The minimum absolute atomic E-state index is 0.0422. The van der Waals surface area contributed by atoms with Crippen molar-refractivity contribution in [3.05, 3.63) is 0 Å². The Labute approximate surface area is 174 Å². The Morgan fingerprint density at radius 1 is 1.20 bits per heavy atom. The number of nitrogens with one attached hydrogen (secondary N) is 1. The summed E-state index contributed by atoms with van der Waals surface area (Å²) in [4.78, 5) is 44.5. The first kappa shape index (κ1) is 22.5. The fourth-order valence-electron chi connectivity index (χ4n) is 3.55. The van der Waals surface area contributed by atoms with Gasteiger partial charge in [-0.1, -0.05) is 0 Å². The van der Waals surface area contributed by atoms with E-state index in [2.05, 4.69) is 9.76 Å². The van der Waals surface area contributed by atoms with E-state index in [4.69, 9.17) is 14.1 Å². The molecule has 13 nitrogen and oxygen atoms in total. The van der Waals surface area contributed by atoms with Crippen molar-refractivity contribution in [2.45, 2.75) is 51.3 Å². The number of carbonyl (C=O) groups is 3. The molecular formula is C16H26N4O9S. The van der Waals surface area contributed by atoms with Gasteiger partial charge in [-0.25, -0.2) is 15.1 Å². The second kappa shape index (κ2) is 8.17. The number of ether oxygens (including phenoxy) is 1. The number of urea groups is 1. The number of hydrogen-bond donors (Lipinski definition) is 2. The first-order valence-electron chi connectivity index (χ1n) is 9.50. The van der Waals surface area contributed by atoms with Crippen LogP contribution in [-0.4, -0.2) is 89.8 Å². The van der Waals surface area contributed by atoms with Crippen molar-refractivity contribution in [1.29, 1.82) is 0 Å². The maximum atomic E-state index is 12.4. The molecule has 0 radical (unpaired) electrons. The van der Waals surface area contributed by atoms with Gasteiger partial charge >= 0.3 is 22.5 Å². The van der Waals surface area contributed by atoms with Gasteiger partial charge in [-0.2, -0.15) is 13.5 Å². The molecular weight excluding hydrogens is 424 g/mol. The van der Waals surface area contributed by atoms with Crippen LogP contribution in [0, 0.1) is 5.92 Å². The number of piperidine rings is 1. The standard InChI is InChI=1S/C16H26N4O9S/c1-16(2,3)28-15(23)18-6-10(7-18)9-27-17-13(21)12-5-4-11-8-19(12)14(22)20(11)29-30(24,25)26/h10-12H,4-9H2,1-3H3,(H,17,21)(H,24,25,26)/t11-,12+/m1/s1. The maximum Gasteiger partial charge on any atom is 0.418 e. The Balaban J connectivity index is 1.41. The number of amides is 4. The summed E-state index contributed by atoms with van der Waals surface area (Å²) in [6.45, 7) is 6.53. The van der Waals surface area contributed by atoms with Gasteiger partial charge in [-0.15, -0.1) is 4.28 Å². The molecule has 2 bridgehead atoms. The highest BCUT2D eigenvalue weighted by Crippen LogP contribution is 2.30. The molecule has 30 heavy (non-hydrogen) atoms. The highest BCUT2D eigenvalue weighted by molar-refractivity contribution is 7.80. The van der Waals surface area contributed by atoms with Crippen molar-refractivity contribution in [3.8, 4) is 0 Å². The van der Waals surface area contributed by atoms with E-state index in [-0.39, 0.29) is 25.5 Å². The van der Waals surface area contributed by atoms with Crippen molar-refractivity contribution in [2.24, 2.45) is 5.92 Å². The van der Waals surface area contributed by atoms with Crippen LogP contribution in [0.3, 0.4) is 0 Å². The SMILES string of the molecule is CC(C)(C)OC(=O)N1CC(CONC(=O)[C@@H]2CC[C@@H]3CN2C(=O)N3OS(=O)(=O)O)C1. The number of fused-ring (bicyclic) bond motifs is 2. The summed E-state index contributed by atoms with van der Waals surface area (Å²) in [7, 11) is -4.84. The lowest BCUT2D eigenvalue weighted by molar-refractivity contribution is -0.141. The van der Waals surface area contributed by atoms with Crippen LogP contribution in [0.25, 0.3) is 0 Å². The molecule has 2 N–H and O–H groups in total. The number of hydrogen-bond acceptors (Lipinski definition) is 8. The van der Waals surface area contributed by atoms with Crippen LogP contribution in [0.2, 0.25) is 0 Å². The molecule has 3 aliphatic heterocycles. The predicted octanol–water partition coefficient (Wildman–Crippen LogP) is -0.0959. The lowest BCUT2D eigenvalue weighted by Gasteiger charge is -2.39. The molecule has 4 amide bonds. The lowest BCUT2D eigenvalue weighted by atomic mass is 10.0. The van der Waals surface area contributed by atoms with E-state index in [1.807, 2.05) is 0 Å². The van der Waals surface area contributed by atoms with Crippen molar-refractivity contribution < 1.29 is 41.2 Å². The molecule has 0 unspecified atom stereocenters. The first-order chi connectivity index (χ1) is 13.8. The van der Waals surface area contributed by atoms with Gasteiger partial charge in [0, 0.05) is 25.6 Å². The fraction of sp³-hybridized carbons (Fsp3) is 0.812. The quantitative estimate of drug-likeness (QED) is 0.417. The number of carbonyl (C=O) groups excluding carboxylic acids is 3. The number of likely N-dealkylation sites (tertiary alicyclic amines) is 1. The van der Waals surface area contributed by atoms with Gasteiger partial charge in [-0.3, -0.25) is 14.2 Å². The molecule has 14 heteroatoms. The zero-order valence-electron chi connectivity index (χ0n) is 16.9. The third kappa shape index (κ3) is 5.30. The maximum absolute atomic E-state index is 12.4. The van der Waals surface area contributed by atoms with Crippen molar-refractivity contribution >= 4 is 28.4 Å². The summed E-state index contributed by atoms with van der Waals surface area (Å²) in [6.07, 6.45) is 0.208. The van der Waals surface area contributed by atoms with Gasteiger partial charge < -0.3 is 14.5 Å². The molecule has 2 atom stereocenters. The van der Waals surface area contributed by atoms with Crippen LogP contribution in [0.5, 0.6) is 0 Å². The van der Waals surface area contributed by atoms with E-state index in [9.17, 15) is 22.8 Å². The van der Waals surface area contributed by atoms with Crippen LogP contribution in [0.1, 0.15) is 33.6 Å². The average molecular weight is 450 g/mol. The Bertz CT molecular complexity index is 806. The van der Waals surface area contributed by atoms with Crippen LogP contribution in [0.4, 0.5) is 9.59 Å². The van der Waals surface area contributed by atoms with E-state index < -0.39 is 46.1 Å². The summed E-state index contributed by atoms with van der Waals surface area (Å²) in [5.41, 5.74) is 1.74. The summed E-state index contributed by atoms with van der Waals surface area (Å²) in [6, 6.07) is -2.23. The van der Waals surface area contributed by atoms with Gasteiger partial charge in [0.05, 0.1) is 12.6 Å². The molecule has 3 fully saturated rings. The molecule has 3 saturated heterocycles. The highest BCUT2D eigenvalue weighted by atomic mass is 32.3. The second-order valence-electron chi connectivity index (χ2n) is 8.54. The van der Waals surface area contributed by atoms with Crippen molar-refractivity contribution in [2.75, 3.05) is 26.2 Å². The summed E-state index contributed by atoms with van der Waals surface area (Å²) in [5, 5.41) is 0.573.